The van der Waals surface area contributed by atoms with Crippen LogP contribution in [0.4, 0.5) is 0 Å². The monoisotopic (exact) mass is 631 g/mol. The Bertz CT molecular complexity index is 424. The largest absolute Gasteiger partial charge is 1.00 e. The third-order valence-corrected chi connectivity index (χ3v) is 15.0. The predicted molar refractivity (Wildman–Crippen MR) is 197 cm³/mol. The Kier molecular flexibility index (Phi) is 40.5. The van der Waals surface area contributed by atoms with Crippen molar-refractivity contribution in [1.29, 1.82) is 0 Å². The highest BCUT2D eigenvalue weighted by Gasteiger charge is 2.34. The molecule has 0 aromatic heterocycles. The molecule has 0 aromatic carbocycles. The van der Waals surface area contributed by atoms with Gasteiger partial charge in [-0.1, -0.05) is 182 Å². The minimum atomic E-state index is -0.747. The summed E-state index contributed by atoms with van der Waals surface area (Å²) in [6.07, 6.45) is 54.2. The van der Waals surface area contributed by atoms with E-state index < -0.39 is 7.26 Å². The summed E-state index contributed by atoms with van der Waals surface area (Å²) in [5.74, 6) is 0. The Morgan fingerprint density at radius 2 is 0.357 bits per heavy atom. The summed E-state index contributed by atoms with van der Waals surface area (Å²) in [4.78, 5) is 0. The molecular weight excluding hydrogens is 547 g/mol. The lowest BCUT2D eigenvalue weighted by molar-refractivity contribution is -0.00000930. The van der Waals surface area contributed by atoms with Crippen LogP contribution in [0.15, 0.2) is 0 Å². The number of halogens is 1. The van der Waals surface area contributed by atoms with Crippen LogP contribution in [-0.4, -0.2) is 24.6 Å². The molecule has 0 rings (SSSR count). The molecule has 0 saturated heterocycles. The van der Waals surface area contributed by atoms with E-state index in [1.165, 1.54) is 180 Å². The van der Waals surface area contributed by atoms with Gasteiger partial charge in [-0.15, -0.1) is 0 Å². The fraction of sp³-hybridized carbons (Fsp3) is 1.00. The van der Waals surface area contributed by atoms with Crippen LogP contribution in [-0.2, 0) is 0 Å². The highest BCUT2D eigenvalue weighted by molar-refractivity contribution is 7.75. The molecular formula is C40H84ClP. The normalized spacial score (nSPS) is 11.7. The zero-order valence-electron chi connectivity index (χ0n) is 30.3. The quantitative estimate of drug-likeness (QED) is 0.0477. The predicted octanol–water partition coefficient (Wildman–Crippen LogP) is 12.6. The van der Waals surface area contributed by atoms with E-state index in [-0.39, 0.29) is 12.4 Å². The van der Waals surface area contributed by atoms with Gasteiger partial charge >= 0.3 is 0 Å². The lowest BCUT2D eigenvalue weighted by Gasteiger charge is -2.28. The van der Waals surface area contributed by atoms with Crippen LogP contribution in [0.3, 0.4) is 0 Å². The summed E-state index contributed by atoms with van der Waals surface area (Å²) in [6.45, 7) is 9.39. The van der Waals surface area contributed by atoms with Crippen molar-refractivity contribution >= 4 is 7.26 Å². The number of rotatable bonds is 36. The number of unbranched alkanes of at least 4 members (excludes halogenated alkanes) is 28. The third-order valence-electron chi connectivity index (χ3n) is 9.94. The minimum Gasteiger partial charge on any atom is -1.00 e. The first kappa shape index (κ1) is 44.8. The molecule has 0 aliphatic carbocycles. The summed E-state index contributed by atoms with van der Waals surface area (Å²) in [6, 6.07) is 0. The highest BCUT2D eigenvalue weighted by atomic mass is 35.5. The van der Waals surface area contributed by atoms with Crippen LogP contribution in [0.25, 0.3) is 0 Å². The van der Waals surface area contributed by atoms with Crippen molar-refractivity contribution in [3.63, 3.8) is 0 Å². The molecule has 0 radical (unpaired) electrons. The molecule has 0 aliphatic heterocycles. The average Bonchev–Trinajstić information content (AvgIpc) is 2.98. The fourth-order valence-electron chi connectivity index (χ4n) is 7.00. The summed E-state index contributed by atoms with van der Waals surface area (Å²) in [5.41, 5.74) is 0. The van der Waals surface area contributed by atoms with Gasteiger partial charge in [0.1, 0.15) is 0 Å². The van der Waals surface area contributed by atoms with Gasteiger partial charge in [-0.05, 0) is 51.4 Å². The van der Waals surface area contributed by atoms with Gasteiger partial charge < -0.3 is 12.4 Å². The van der Waals surface area contributed by atoms with Crippen molar-refractivity contribution in [2.24, 2.45) is 0 Å². The molecule has 0 amide bonds. The summed E-state index contributed by atoms with van der Waals surface area (Å²) >= 11 is 0. The molecule has 0 spiro atoms. The van der Waals surface area contributed by atoms with Crippen molar-refractivity contribution in [3.8, 4) is 0 Å². The smallest absolute Gasteiger partial charge is 0.0594 e. The van der Waals surface area contributed by atoms with Crippen LogP contribution in [0.1, 0.15) is 233 Å². The van der Waals surface area contributed by atoms with E-state index >= 15 is 0 Å². The van der Waals surface area contributed by atoms with Crippen LogP contribution in [0.2, 0.25) is 0 Å². The molecule has 42 heavy (non-hydrogen) atoms. The highest BCUT2D eigenvalue weighted by Crippen LogP contribution is 2.61. The van der Waals surface area contributed by atoms with Crippen molar-refractivity contribution in [3.05, 3.63) is 0 Å². The lowest BCUT2D eigenvalue weighted by Crippen LogP contribution is -3.00. The van der Waals surface area contributed by atoms with Gasteiger partial charge in [0.15, 0.2) is 0 Å². The second-order valence-corrected chi connectivity index (χ2v) is 18.6. The lowest BCUT2D eigenvalue weighted by atomic mass is 10.0. The van der Waals surface area contributed by atoms with Crippen LogP contribution < -0.4 is 12.4 Å². The van der Waals surface area contributed by atoms with Crippen molar-refractivity contribution in [2.75, 3.05) is 24.6 Å². The van der Waals surface area contributed by atoms with Crippen LogP contribution in [0, 0.1) is 0 Å². The summed E-state index contributed by atoms with van der Waals surface area (Å²) in [7, 11) is -0.747. The maximum atomic E-state index is 2.36. The Hall–Kier alpha value is 0.720. The van der Waals surface area contributed by atoms with E-state index in [0.29, 0.717) is 0 Å². The molecule has 0 saturated carbocycles. The molecule has 0 heterocycles. The van der Waals surface area contributed by atoms with E-state index in [4.69, 9.17) is 0 Å². The maximum Gasteiger partial charge on any atom is 0.0594 e. The maximum absolute atomic E-state index is 2.36. The molecule has 0 aromatic rings. The van der Waals surface area contributed by atoms with E-state index in [0.717, 1.165) is 0 Å². The zero-order chi connectivity index (χ0) is 30.0. The van der Waals surface area contributed by atoms with E-state index in [1.54, 1.807) is 50.3 Å². The number of hydrogen-bond acceptors (Lipinski definition) is 0. The van der Waals surface area contributed by atoms with Crippen molar-refractivity contribution in [1.82, 2.24) is 0 Å². The molecule has 0 N–H and O–H groups in total. The molecule has 0 unspecified atom stereocenters. The van der Waals surface area contributed by atoms with Crippen LogP contribution >= 0.6 is 7.26 Å². The van der Waals surface area contributed by atoms with Crippen LogP contribution in [0.5, 0.6) is 0 Å². The topological polar surface area (TPSA) is 0 Å². The molecule has 0 nitrogen and oxygen atoms in total. The summed E-state index contributed by atoms with van der Waals surface area (Å²) in [5, 5.41) is 0. The second kappa shape index (κ2) is 37.9. The van der Waals surface area contributed by atoms with E-state index in [2.05, 4.69) is 27.7 Å². The standard InChI is InChI=1S/C40H84P.ClH/c1-5-9-13-17-21-22-23-24-25-26-27-28-32-36-40-41(37-33-29-18-14-10-6-2,38-34-30-19-15-11-7-3)39-35-31-20-16-12-8-4;/h5-40H2,1-4H3;1H/q+1;/p-1. The van der Waals surface area contributed by atoms with Gasteiger partial charge in [-0.25, -0.2) is 0 Å². The number of hydrogen-bond donors (Lipinski definition) is 0. The minimum absolute atomic E-state index is 0. The van der Waals surface area contributed by atoms with Gasteiger partial charge in [0, 0.05) is 7.26 Å². The van der Waals surface area contributed by atoms with Gasteiger partial charge in [0.05, 0.1) is 24.6 Å². The first-order valence-corrected chi connectivity index (χ1v) is 22.6. The first-order valence-electron chi connectivity index (χ1n) is 20.1. The second-order valence-electron chi connectivity index (χ2n) is 14.1. The van der Waals surface area contributed by atoms with Crippen molar-refractivity contribution < 1.29 is 12.4 Å². The molecule has 256 valence electrons. The third kappa shape index (κ3) is 32.1. The Labute approximate surface area is 276 Å². The SMILES string of the molecule is CCCCCCCCCCCCCCCC[P+](CCCCCCCC)(CCCCCCCC)CCCCCCCC.[Cl-]. The molecule has 0 atom stereocenters. The van der Waals surface area contributed by atoms with Gasteiger partial charge in [0.2, 0.25) is 0 Å². The fourth-order valence-corrected chi connectivity index (χ4v) is 11.9. The van der Waals surface area contributed by atoms with E-state index in [1.807, 2.05) is 0 Å². The van der Waals surface area contributed by atoms with Gasteiger partial charge in [-0.3, -0.25) is 0 Å². The van der Waals surface area contributed by atoms with Gasteiger partial charge in [0.25, 0.3) is 0 Å². The Morgan fingerprint density at radius 1 is 0.214 bits per heavy atom. The van der Waals surface area contributed by atoms with Crippen molar-refractivity contribution in [2.45, 2.75) is 233 Å². The van der Waals surface area contributed by atoms with E-state index in [9.17, 15) is 0 Å². The molecule has 2 heteroatoms. The molecule has 0 fully saturated rings. The van der Waals surface area contributed by atoms with Gasteiger partial charge in [-0.2, -0.15) is 0 Å². The zero-order valence-corrected chi connectivity index (χ0v) is 31.9. The molecule has 0 bridgehead atoms. The Morgan fingerprint density at radius 3 is 0.524 bits per heavy atom. The average molecular weight is 632 g/mol. The Balaban J connectivity index is 0. The first-order chi connectivity index (χ1) is 20.2. The summed E-state index contributed by atoms with van der Waals surface area (Å²) < 4.78 is 0. The molecule has 0 aliphatic rings.